The molecule has 0 amide bonds. The Hall–Kier alpha value is -3.34. The van der Waals surface area contributed by atoms with Gasteiger partial charge in [0.15, 0.2) is 11.6 Å². The molecule has 2 aliphatic rings. The number of benzene rings is 1. The van der Waals surface area contributed by atoms with E-state index in [9.17, 15) is 14.7 Å². The number of nitrogens with zero attached hydrogens (tertiary/aromatic N) is 3. The number of anilines is 1. The number of fused-ring (bicyclic) bond motifs is 1. The van der Waals surface area contributed by atoms with Crippen molar-refractivity contribution in [3.05, 3.63) is 45.6 Å². The molecular formula is C20H24FN5O5. The second-order valence-electron chi connectivity index (χ2n) is 7.78. The van der Waals surface area contributed by atoms with Crippen molar-refractivity contribution in [2.45, 2.75) is 31.4 Å². The molecule has 1 aromatic heterocycles. The number of methoxy groups -OCH3 is 1. The molecule has 4 rings (SSSR count). The smallest absolute Gasteiger partial charge is 0.350 e. The summed E-state index contributed by atoms with van der Waals surface area (Å²) in [4.78, 5) is 27.0. The molecule has 1 aliphatic carbocycles. The summed E-state index contributed by atoms with van der Waals surface area (Å²) < 4.78 is 27.5. The Morgan fingerprint density at radius 2 is 2.13 bits per heavy atom. The van der Waals surface area contributed by atoms with Crippen LogP contribution >= 0.6 is 0 Å². The van der Waals surface area contributed by atoms with E-state index in [2.05, 4.69) is 6.58 Å². The Kier molecular flexibility index (Phi) is 5.21. The van der Waals surface area contributed by atoms with Crippen molar-refractivity contribution < 1.29 is 19.0 Å². The van der Waals surface area contributed by atoms with Crippen LogP contribution in [0.25, 0.3) is 10.9 Å². The number of aromatic nitrogens is 2. The molecule has 2 fully saturated rings. The highest BCUT2D eigenvalue weighted by Crippen LogP contribution is 2.43. The molecule has 1 saturated heterocycles. The van der Waals surface area contributed by atoms with Gasteiger partial charge < -0.3 is 25.3 Å². The average molecular weight is 433 g/mol. The van der Waals surface area contributed by atoms with Crippen molar-refractivity contribution in [3.8, 4) is 5.75 Å². The lowest BCUT2D eigenvalue weighted by molar-refractivity contribution is 0.156. The van der Waals surface area contributed by atoms with Crippen molar-refractivity contribution >= 4 is 22.5 Å². The molecule has 0 bridgehead atoms. The summed E-state index contributed by atoms with van der Waals surface area (Å²) in [5, 5.41) is 18.1. The van der Waals surface area contributed by atoms with Crippen molar-refractivity contribution in [1.29, 1.82) is 5.41 Å². The first kappa shape index (κ1) is 20.9. The maximum absolute atomic E-state index is 15.2. The summed E-state index contributed by atoms with van der Waals surface area (Å²) in [5.74, 6) is 4.31. The normalized spacial score (nSPS) is 19.5. The fraction of sp³-hybridized carbons (Fsp3) is 0.450. The molecule has 2 unspecified atom stereocenters. The second kappa shape index (κ2) is 7.73. The van der Waals surface area contributed by atoms with Crippen molar-refractivity contribution in [2.75, 3.05) is 30.9 Å². The van der Waals surface area contributed by atoms with Crippen LogP contribution < -0.4 is 26.7 Å². The molecule has 2 aromatic rings. The van der Waals surface area contributed by atoms with E-state index in [1.165, 1.54) is 11.7 Å². The lowest BCUT2D eigenvalue weighted by Gasteiger charge is -2.25. The van der Waals surface area contributed by atoms with Crippen LogP contribution in [0.15, 0.2) is 28.5 Å². The van der Waals surface area contributed by atoms with Crippen LogP contribution in [-0.4, -0.2) is 46.6 Å². The Balaban J connectivity index is 1.84. The van der Waals surface area contributed by atoms with E-state index in [4.69, 9.17) is 20.7 Å². The van der Waals surface area contributed by atoms with E-state index in [-0.39, 0.29) is 46.7 Å². The Morgan fingerprint density at radius 3 is 2.74 bits per heavy atom. The standard InChI is InChI=1S/C20H24FN5O5/c1-3-31-18(22)16(27)10-6-7-24(9-10)15-13(21)8-12-14(17(15)30-2)25(11-4-5-11)20(29)26(23)19(12)28/h3,8,10-11,16,22,27H,1,4-7,9,23H2,2H3. The zero-order valence-electron chi connectivity index (χ0n) is 17.0. The lowest BCUT2D eigenvalue weighted by atomic mass is 10.0. The van der Waals surface area contributed by atoms with Crippen LogP contribution in [0.3, 0.4) is 0 Å². The second-order valence-corrected chi connectivity index (χ2v) is 7.78. The number of rotatable bonds is 6. The van der Waals surface area contributed by atoms with Crippen LogP contribution in [0.1, 0.15) is 25.3 Å². The van der Waals surface area contributed by atoms with E-state index in [1.807, 2.05) is 0 Å². The summed E-state index contributed by atoms with van der Waals surface area (Å²) >= 11 is 0. The highest BCUT2D eigenvalue weighted by molar-refractivity contribution is 5.91. The molecule has 2 atom stereocenters. The van der Waals surface area contributed by atoms with Gasteiger partial charge in [-0.1, -0.05) is 6.58 Å². The van der Waals surface area contributed by atoms with Crippen molar-refractivity contribution in [3.63, 3.8) is 0 Å². The van der Waals surface area contributed by atoms with Gasteiger partial charge in [-0.3, -0.25) is 14.8 Å². The quantitative estimate of drug-likeness (QED) is 0.264. The first-order valence-corrected chi connectivity index (χ1v) is 9.92. The predicted molar refractivity (Wildman–Crippen MR) is 113 cm³/mol. The number of nitrogen functional groups attached to an aromatic ring is 1. The molecule has 0 spiro atoms. The van der Waals surface area contributed by atoms with Crippen molar-refractivity contribution in [2.24, 2.45) is 5.92 Å². The zero-order valence-corrected chi connectivity index (χ0v) is 17.0. The van der Waals surface area contributed by atoms with Gasteiger partial charge in [0.25, 0.3) is 5.56 Å². The monoisotopic (exact) mass is 433 g/mol. The number of halogens is 1. The van der Waals surface area contributed by atoms with Crippen LogP contribution in [0.2, 0.25) is 0 Å². The summed E-state index contributed by atoms with van der Waals surface area (Å²) in [6.07, 6.45) is 1.85. The first-order valence-electron chi connectivity index (χ1n) is 9.92. The summed E-state index contributed by atoms with van der Waals surface area (Å²) in [7, 11) is 1.35. The van der Waals surface area contributed by atoms with E-state index >= 15 is 4.39 Å². The maximum Gasteiger partial charge on any atom is 0.350 e. The molecule has 1 aliphatic heterocycles. The number of hydrogen-bond acceptors (Lipinski definition) is 8. The zero-order chi connectivity index (χ0) is 22.4. The van der Waals surface area contributed by atoms with Gasteiger partial charge in [-0.2, -0.15) is 4.68 Å². The summed E-state index contributed by atoms with van der Waals surface area (Å²) in [6.45, 7) is 3.97. The van der Waals surface area contributed by atoms with Gasteiger partial charge in [-0.15, -0.1) is 0 Å². The van der Waals surface area contributed by atoms with E-state index in [1.54, 1.807) is 4.90 Å². The number of nitrogens with two attached hydrogens (primary N) is 1. The Labute approximate surface area is 176 Å². The Bertz CT molecular complexity index is 1190. The molecule has 31 heavy (non-hydrogen) atoms. The van der Waals surface area contributed by atoms with Crippen LogP contribution in [0.5, 0.6) is 5.75 Å². The van der Waals surface area contributed by atoms with E-state index in [0.29, 0.717) is 17.6 Å². The molecule has 1 aromatic carbocycles. The maximum atomic E-state index is 15.2. The largest absolute Gasteiger partial charge is 0.492 e. The molecule has 166 valence electrons. The molecule has 10 nitrogen and oxygen atoms in total. The number of nitrogens with one attached hydrogen (secondary N) is 1. The number of ether oxygens (including phenoxy) is 2. The minimum atomic E-state index is -1.17. The number of hydrogen-bond donors (Lipinski definition) is 3. The molecular weight excluding hydrogens is 409 g/mol. The fourth-order valence-corrected chi connectivity index (χ4v) is 4.22. The van der Waals surface area contributed by atoms with E-state index < -0.39 is 23.2 Å². The van der Waals surface area contributed by atoms with Gasteiger partial charge in [-0.25, -0.2) is 9.18 Å². The van der Waals surface area contributed by atoms with Gasteiger partial charge in [0.05, 0.1) is 18.8 Å². The highest BCUT2D eigenvalue weighted by Gasteiger charge is 2.36. The average Bonchev–Trinajstić information content (AvgIpc) is 3.47. The molecule has 4 N–H and O–H groups in total. The Morgan fingerprint density at radius 1 is 1.42 bits per heavy atom. The van der Waals surface area contributed by atoms with Crippen LogP contribution in [0, 0.1) is 17.1 Å². The third-order valence-corrected chi connectivity index (χ3v) is 5.87. The SMILES string of the molecule is C=COC(=N)C(O)C1CCN(c2c(F)cc3c(=O)n(N)c(=O)n(C4CC4)c3c2OC)C1. The van der Waals surface area contributed by atoms with Gasteiger partial charge in [0.1, 0.15) is 17.3 Å². The summed E-state index contributed by atoms with van der Waals surface area (Å²) in [5.41, 5.74) is -1.17. The van der Waals surface area contributed by atoms with Crippen LogP contribution in [-0.2, 0) is 4.74 Å². The molecule has 2 heterocycles. The number of aliphatic hydroxyl groups excluding tert-OH is 1. The first-order chi connectivity index (χ1) is 14.8. The van der Waals surface area contributed by atoms with Gasteiger partial charge in [0.2, 0.25) is 5.90 Å². The topological polar surface area (TPSA) is 136 Å². The van der Waals surface area contributed by atoms with Gasteiger partial charge in [-0.05, 0) is 25.3 Å². The van der Waals surface area contributed by atoms with E-state index in [0.717, 1.165) is 25.2 Å². The van der Waals surface area contributed by atoms with Crippen molar-refractivity contribution in [1.82, 2.24) is 9.24 Å². The molecule has 1 saturated carbocycles. The third kappa shape index (κ3) is 3.34. The summed E-state index contributed by atoms with van der Waals surface area (Å²) in [6, 6.07) is 0.936. The van der Waals surface area contributed by atoms with Gasteiger partial charge >= 0.3 is 5.69 Å². The molecule has 11 heteroatoms. The third-order valence-electron chi connectivity index (χ3n) is 5.87. The fourth-order valence-electron chi connectivity index (χ4n) is 4.22. The van der Waals surface area contributed by atoms with Gasteiger partial charge in [0, 0.05) is 25.0 Å². The minimum Gasteiger partial charge on any atom is -0.492 e. The molecule has 0 radical (unpaired) electrons. The van der Waals surface area contributed by atoms with Crippen LogP contribution in [0.4, 0.5) is 10.1 Å². The highest BCUT2D eigenvalue weighted by atomic mass is 19.1. The number of aliphatic hydroxyl groups is 1. The lowest BCUT2D eigenvalue weighted by Crippen LogP contribution is -2.44. The predicted octanol–water partition coefficient (Wildman–Crippen LogP) is 0.684. The minimum absolute atomic E-state index is 0.0379.